The number of ether oxygens (including phenoxy) is 2. The van der Waals surface area contributed by atoms with Gasteiger partial charge in [0.2, 0.25) is 0 Å². The van der Waals surface area contributed by atoms with Gasteiger partial charge in [0.1, 0.15) is 6.61 Å². The molecule has 1 aromatic carbocycles. The first-order valence-corrected chi connectivity index (χ1v) is 6.25. The van der Waals surface area contributed by atoms with Crippen molar-refractivity contribution in [3.63, 3.8) is 0 Å². The summed E-state index contributed by atoms with van der Waals surface area (Å²) in [6.45, 7) is 7.11. The predicted octanol–water partition coefficient (Wildman–Crippen LogP) is 2.63. The second kappa shape index (κ2) is 7.29. The highest BCUT2D eigenvalue weighted by Gasteiger charge is 2.09. The van der Waals surface area contributed by atoms with Crippen molar-refractivity contribution < 1.29 is 14.3 Å². The molecule has 0 aliphatic rings. The first kappa shape index (κ1) is 14.9. The zero-order valence-electron chi connectivity index (χ0n) is 11.4. The van der Waals surface area contributed by atoms with Crippen LogP contribution in [-0.2, 0) is 20.7 Å². The summed E-state index contributed by atoms with van der Waals surface area (Å²) in [6, 6.07) is 9.69. The van der Waals surface area contributed by atoms with Crippen molar-refractivity contribution >= 4 is 5.78 Å². The van der Waals surface area contributed by atoms with Crippen LogP contribution in [0.5, 0.6) is 0 Å². The minimum Gasteiger partial charge on any atom is -0.373 e. The first-order valence-electron chi connectivity index (χ1n) is 6.25. The summed E-state index contributed by atoms with van der Waals surface area (Å²) in [5.74, 6) is 0.0944. The van der Waals surface area contributed by atoms with Crippen molar-refractivity contribution in [2.24, 2.45) is 0 Å². The van der Waals surface area contributed by atoms with Crippen LogP contribution in [0.4, 0.5) is 0 Å². The van der Waals surface area contributed by atoms with Crippen LogP contribution in [-0.4, -0.2) is 31.2 Å². The average Bonchev–Trinajstić information content (AvgIpc) is 2.28. The van der Waals surface area contributed by atoms with Crippen LogP contribution in [0, 0.1) is 0 Å². The standard InChI is InChI=1S/C15H22O3/c1-15(2,3)18-10-9-17-12-14(16)11-13-7-5-4-6-8-13/h4-8H,9-12H2,1-3H3. The number of hydrogen-bond acceptors (Lipinski definition) is 3. The maximum absolute atomic E-state index is 11.6. The van der Waals surface area contributed by atoms with Crippen molar-refractivity contribution in [3.8, 4) is 0 Å². The molecule has 0 bridgehead atoms. The Morgan fingerprint density at radius 1 is 1.11 bits per heavy atom. The van der Waals surface area contributed by atoms with E-state index in [4.69, 9.17) is 9.47 Å². The topological polar surface area (TPSA) is 35.5 Å². The summed E-state index contributed by atoms with van der Waals surface area (Å²) in [5.41, 5.74) is 0.870. The molecule has 0 spiro atoms. The molecular formula is C15H22O3. The molecule has 0 aliphatic heterocycles. The van der Waals surface area contributed by atoms with E-state index in [1.165, 1.54) is 0 Å². The Bertz CT molecular complexity index is 352. The van der Waals surface area contributed by atoms with Crippen LogP contribution in [0.15, 0.2) is 30.3 Å². The van der Waals surface area contributed by atoms with Gasteiger partial charge in [0.05, 0.1) is 18.8 Å². The SMILES string of the molecule is CC(C)(C)OCCOCC(=O)Cc1ccccc1. The smallest absolute Gasteiger partial charge is 0.162 e. The zero-order valence-corrected chi connectivity index (χ0v) is 11.4. The highest BCUT2D eigenvalue weighted by Crippen LogP contribution is 2.05. The van der Waals surface area contributed by atoms with Gasteiger partial charge in [-0.2, -0.15) is 0 Å². The van der Waals surface area contributed by atoms with Crippen molar-refractivity contribution in [1.29, 1.82) is 0 Å². The summed E-state index contributed by atoms with van der Waals surface area (Å²) >= 11 is 0. The molecule has 0 amide bonds. The van der Waals surface area contributed by atoms with Gasteiger partial charge in [-0.25, -0.2) is 0 Å². The number of benzene rings is 1. The molecule has 100 valence electrons. The summed E-state index contributed by atoms with van der Waals surface area (Å²) < 4.78 is 10.8. The Labute approximate surface area is 109 Å². The van der Waals surface area contributed by atoms with Gasteiger partial charge in [0.25, 0.3) is 0 Å². The Hall–Kier alpha value is -1.19. The van der Waals surface area contributed by atoms with Gasteiger partial charge >= 0.3 is 0 Å². The highest BCUT2D eigenvalue weighted by molar-refractivity contribution is 5.81. The molecule has 0 saturated heterocycles. The second-order valence-electron chi connectivity index (χ2n) is 5.21. The van der Waals surface area contributed by atoms with Crippen molar-refractivity contribution in [2.45, 2.75) is 32.8 Å². The monoisotopic (exact) mass is 250 g/mol. The van der Waals surface area contributed by atoms with Gasteiger partial charge in [0.15, 0.2) is 5.78 Å². The molecule has 3 heteroatoms. The van der Waals surface area contributed by atoms with Gasteiger partial charge in [-0.1, -0.05) is 30.3 Å². The van der Waals surface area contributed by atoms with Crippen LogP contribution < -0.4 is 0 Å². The van der Waals surface area contributed by atoms with Crippen LogP contribution in [0.25, 0.3) is 0 Å². The molecule has 0 N–H and O–H groups in total. The number of ketones is 1. The lowest BCUT2D eigenvalue weighted by molar-refractivity contribution is -0.124. The Balaban J connectivity index is 2.11. The molecule has 0 heterocycles. The van der Waals surface area contributed by atoms with Crippen molar-refractivity contribution in [1.82, 2.24) is 0 Å². The van der Waals surface area contributed by atoms with E-state index in [2.05, 4.69) is 0 Å². The van der Waals surface area contributed by atoms with Gasteiger partial charge < -0.3 is 9.47 Å². The van der Waals surface area contributed by atoms with Crippen LogP contribution in [0.2, 0.25) is 0 Å². The summed E-state index contributed by atoms with van der Waals surface area (Å²) in [4.78, 5) is 11.6. The lowest BCUT2D eigenvalue weighted by Crippen LogP contribution is -2.22. The first-order chi connectivity index (χ1) is 8.47. The van der Waals surface area contributed by atoms with E-state index in [-0.39, 0.29) is 18.0 Å². The van der Waals surface area contributed by atoms with E-state index in [0.29, 0.717) is 19.6 Å². The lowest BCUT2D eigenvalue weighted by Gasteiger charge is -2.19. The second-order valence-corrected chi connectivity index (χ2v) is 5.21. The fraction of sp³-hybridized carbons (Fsp3) is 0.533. The average molecular weight is 250 g/mol. The van der Waals surface area contributed by atoms with E-state index in [1.54, 1.807) is 0 Å². The van der Waals surface area contributed by atoms with E-state index in [9.17, 15) is 4.79 Å². The Morgan fingerprint density at radius 3 is 2.39 bits per heavy atom. The molecule has 0 fully saturated rings. The molecule has 0 atom stereocenters. The predicted molar refractivity (Wildman–Crippen MR) is 71.7 cm³/mol. The molecule has 18 heavy (non-hydrogen) atoms. The molecule has 0 unspecified atom stereocenters. The maximum Gasteiger partial charge on any atom is 0.162 e. The minimum absolute atomic E-state index is 0.0944. The molecule has 0 aliphatic carbocycles. The fourth-order valence-corrected chi connectivity index (χ4v) is 1.47. The number of Topliss-reactive ketones (excluding diaryl/α,β-unsaturated/α-hetero) is 1. The van der Waals surface area contributed by atoms with Crippen molar-refractivity contribution in [2.75, 3.05) is 19.8 Å². The Morgan fingerprint density at radius 2 is 1.78 bits per heavy atom. The van der Waals surface area contributed by atoms with Gasteiger partial charge in [0, 0.05) is 6.42 Å². The number of carbonyl (C=O) groups is 1. The van der Waals surface area contributed by atoms with E-state index >= 15 is 0 Å². The molecule has 0 aromatic heterocycles. The summed E-state index contributed by atoms with van der Waals surface area (Å²) in [7, 11) is 0. The van der Waals surface area contributed by atoms with E-state index < -0.39 is 0 Å². The maximum atomic E-state index is 11.6. The van der Waals surface area contributed by atoms with E-state index in [1.807, 2.05) is 51.1 Å². The molecule has 0 radical (unpaired) electrons. The van der Waals surface area contributed by atoms with Gasteiger partial charge in [-0.05, 0) is 26.3 Å². The largest absolute Gasteiger partial charge is 0.373 e. The fourth-order valence-electron chi connectivity index (χ4n) is 1.47. The third-order valence-corrected chi connectivity index (χ3v) is 2.27. The number of rotatable bonds is 7. The van der Waals surface area contributed by atoms with Crippen LogP contribution >= 0.6 is 0 Å². The third-order valence-electron chi connectivity index (χ3n) is 2.27. The molecule has 1 rings (SSSR count). The minimum atomic E-state index is -0.155. The van der Waals surface area contributed by atoms with Gasteiger partial charge in [-0.3, -0.25) is 4.79 Å². The summed E-state index contributed by atoms with van der Waals surface area (Å²) in [6.07, 6.45) is 0.432. The third kappa shape index (κ3) is 7.20. The highest BCUT2D eigenvalue weighted by atomic mass is 16.5. The van der Waals surface area contributed by atoms with Crippen molar-refractivity contribution in [3.05, 3.63) is 35.9 Å². The number of hydrogen-bond donors (Lipinski definition) is 0. The molecular weight excluding hydrogens is 228 g/mol. The molecule has 3 nitrogen and oxygen atoms in total. The van der Waals surface area contributed by atoms with Gasteiger partial charge in [-0.15, -0.1) is 0 Å². The van der Waals surface area contributed by atoms with Crippen LogP contribution in [0.3, 0.4) is 0 Å². The normalized spacial score (nSPS) is 11.5. The molecule has 0 saturated carbocycles. The summed E-state index contributed by atoms with van der Waals surface area (Å²) in [5, 5.41) is 0. The molecule has 1 aromatic rings. The Kier molecular flexibility index (Phi) is 6.02. The quantitative estimate of drug-likeness (QED) is 0.698. The lowest BCUT2D eigenvalue weighted by atomic mass is 10.1. The van der Waals surface area contributed by atoms with E-state index in [0.717, 1.165) is 5.56 Å². The zero-order chi connectivity index (χ0) is 13.4. The van der Waals surface area contributed by atoms with Crippen LogP contribution in [0.1, 0.15) is 26.3 Å². The number of carbonyl (C=O) groups excluding carboxylic acids is 1.